The number of ether oxygens (including phenoxy) is 1. The molecular formula is C24H26N8O6S. The van der Waals surface area contributed by atoms with Gasteiger partial charge < -0.3 is 21.1 Å². The van der Waals surface area contributed by atoms with E-state index in [-0.39, 0.29) is 11.7 Å². The van der Waals surface area contributed by atoms with E-state index >= 15 is 0 Å². The fraction of sp³-hybridized carbons (Fsp3) is 0.292. The average Bonchev–Trinajstić information content (AvgIpc) is 3.53. The number of aromatic nitrogens is 3. The highest BCUT2D eigenvalue weighted by Crippen LogP contribution is 2.30. The van der Waals surface area contributed by atoms with Crippen LogP contribution in [0.2, 0.25) is 0 Å². The molecule has 15 heteroatoms. The Morgan fingerprint density at radius 2 is 2.08 bits per heavy atom. The van der Waals surface area contributed by atoms with Gasteiger partial charge in [0.15, 0.2) is 12.4 Å². The summed E-state index contributed by atoms with van der Waals surface area (Å²) in [6.07, 6.45) is 6.04. The van der Waals surface area contributed by atoms with Crippen LogP contribution in [0.15, 0.2) is 42.2 Å². The minimum Gasteiger partial charge on any atom is -0.442 e. The van der Waals surface area contributed by atoms with Crippen LogP contribution in [0, 0.1) is 0 Å². The maximum atomic E-state index is 12.9. The number of imide groups is 1. The molecule has 1 aliphatic carbocycles. The van der Waals surface area contributed by atoms with Crippen molar-refractivity contribution in [2.75, 3.05) is 23.0 Å². The van der Waals surface area contributed by atoms with E-state index in [9.17, 15) is 22.8 Å². The molecular weight excluding hydrogens is 528 g/mol. The number of hydrogen-bond acceptors (Lipinski definition) is 10. The minimum absolute atomic E-state index is 0.0463. The van der Waals surface area contributed by atoms with Crippen molar-refractivity contribution in [3.8, 4) is 11.3 Å². The lowest BCUT2D eigenvalue weighted by Gasteiger charge is -2.13. The zero-order valence-electron chi connectivity index (χ0n) is 21.0. The Bertz CT molecular complexity index is 1630. The third-order valence-corrected chi connectivity index (χ3v) is 6.47. The fourth-order valence-corrected chi connectivity index (χ4v) is 4.38. The zero-order chi connectivity index (χ0) is 27.9. The van der Waals surface area contributed by atoms with Crippen LogP contribution < -0.4 is 21.1 Å². The van der Waals surface area contributed by atoms with Crippen molar-refractivity contribution < 1.29 is 27.5 Å². The van der Waals surface area contributed by atoms with Gasteiger partial charge in [0.1, 0.15) is 17.6 Å². The molecule has 2 aromatic heterocycles. The van der Waals surface area contributed by atoms with E-state index in [0.717, 1.165) is 24.0 Å². The monoisotopic (exact) mass is 554 g/mol. The first-order chi connectivity index (χ1) is 18.5. The zero-order valence-corrected chi connectivity index (χ0v) is 21.9. The summed E-state index contributed by atoms with van der Waals surface area (Å²) in [5.41, 5.74) is 7.82. The van der Waals surface area contributed by atoms with E-state index in [4.69, 9.17) is 15.5 Å². The van der Waals surface area contributed by atoms with Crippen LogP contribution in [0.5, 0.6) is 0 Å². The quantitative estimate of drug-likeness (QED) is 0.169. The standard InChI is InChI=1S/C24H26N8O6S/c1-13(25)23(34)38-12-31-22(33)19(29-24(31)35)9-15-11-26-32-20(27-16-6-7-16)10-18(28-21(15)32)14-4-3-5-17(8-14)30-39(2,36)37/h3-5,8-11,13,16,27,30H,6-7,12,25H2,1-2H3,(H,29,35)/b19-9-. The largest absolute Gasteiger partial charge is 0.442 e. The first-order valence-corrected chi connectivity index (χ1v) is 13.9. The Morgan fingerprint density at radius 3 is 2.77 bits per heavy atom. The molecule has 0 spiro atoms. The maximum Gasteiger partial charge on any atom is 0.331 e. The van der Waals surface area contributed by atoms with Crippen LogP contribution >= 0.6 is 0 Å². The molecule has 14 nitrogen and oxygen atoms in total. The number of nitrogens with one attached hydrogen (secondary N) is 3. The summed E-state index contributed by atoms with van der Waals surface area (Å²) in [5.74, 6) is -0.780. The maximum absolute atomic E-state index is 12.9. The summed E-state index contributed by atoms with van der Waals surface area (Å²) in [7, 11) is -3.47. The molecule has 0 bridgehead atoms. The Kier molecular flexibility index (Phi) is 6.69. The molecule has 39 heavy (non-hydrogen) atoms. The highest BCUT2D eigenvalue weighted by molar-refractivity contribution is 7.92. The molecule has 204 valence electrons. The SMILES string of the molecule is CC(N)C(=O)OCN1C(=O)N/C(=C\c2cnn3c(NC4CC4)cc(-c4cccc(NS(C)(=O)=O)c4)nc23)C1=O. The molecule has 1 saturated carbocycles. The van der Waals surface area contributed by atoms with E-state index in [0.29, 0.717) is 34.0 Å². The molecule has 2 fully saturated rings. The summed E-state index contributed by atoms with van der Waals surface area (Å²) in [5, 5.41) is 10.3. The molecule has 1 aliphatic heterocycles. The number of fused-ring (bicyclic) bond motifs is 1. The molecule has 1 saturated heterocycles. The Balaban J connectivity index is 1.50. The van der Waals surface area contributed by atoms with Crippen molar-refractivity contribution >= 4 is 51.2 Å². The number of benzene rings is 1. The number of sulfonamides is 1. The van der Waals surface area contributed by atoms with E-state index in [2.05, 4.69) is 20.5 Å². The van der Waals surface area contributed by atoms with Crippen LogP contribution in [0.25, 0.3) is 23.0 Å². The average molecular weight is 555 g/mol. The number of carbonyl (C=O) groups is 3. The molecule has 0 radical (unpaired) electrons. The van der Waals surface area contributed by atoms with Gasteiger partial charge in [-0.15, -0.1) is 0 Å². The van der Waals surface area contributed by atoms with Crippen LogP contribution in [-0.2, 0) is 24.3 Å². The Morgan fingerprint density at radius 1 is 1.31 bits per heavy atom. The lowest BCUT2D eigenvalue weighted by Crippen LogP contribution is -2.37. The van der Waals surface area contributed by atoms with Crippen molar-refractivity contribution in [1.29, 1.82) is 0 Å². The van der Waals surface area contributed by atoms with E-state index in [1.54, 1.807) is 28.8 Å². The molecule has 1 atom stereocenters. The molecule has 3 aromatic rings. The van der Waals surface area contributed by atoms with Crippen molar-refractivity contribution in [3.63, 3.8) is 0 Å². The number of rotatable bonds is 9. The van der Waals surface area contributed by atoms with Crippen LogP contribution in [-0.4, -0.2) is 70.9 Å². The Labute approximate surface area is 223 Å². The number of amides is 3. The van der Waals surface area contributed by atoms with Gasteiger partial charge in [0.05, 0.1) is 18.1 Å². The molecule has 1 aromatic carbocycles. The predicted octanol–water partition coefficient (Wildman–Crippen LogP) is 1.08. The molecule has 3 amide bonds. The molecule has 5 N–H and O–H groups in total. The fourth-order valence-electron chi connectivity index (χ4n) is 3.83. The number of nitrogens with zero attached hydrogens (tertiary/aromatic N) is 4. The highest BCUT2D eigenvalue weighted by atomic mass is 32.2. The van der Waals surface area contributed by atoms with Gasteiger partial charge in [-0.1, -0.05) is 12.1 Å². The highest BCUT2D eigenvalue weighted by Gasteiger charge is 2.35. The van der Waals surface area contributed by atoms with Gasteiger partial charge in [0.25, 0.3) is 5.91 Å². The van der Waals surface area contributed by atoms with E-state index in [1.807, 2.05) is 6.07 Å². The summed E-state index contributed by atoms with van der Waals surface area (Å²) in [6.45, 7) is 0.851. The lowest BCUT2D eigenvalue weighted by molar-refractivity contribution is -0.149. The van der Waals surface area contributed by atoms with Gasteiger partial charge >= 0.3 is 12.0 Å². The number of carbonyl (C=O) groups excluding carboxylic acids is 3. The number of esters is 1. The van der Waals surface area contributed by atoms with E-state index < -0.39 is 40.7 Å². The first-order valence-electron chi connectivity index (χ1n) is 12.0. The van der Waals surface area contributed by atoms with Gasteiger partial charge in [0, 0.05) is 28.9 Å². The number of nitrogens with two attached hydrogens (primary N) is 1. The normalized spacial score (nSPS) is 17.4. The third kappa shape index (κ3) is 5.83. The van der Waals surface area contributed by atoms with Crippen molar-refractivity contribution in [2.45, 2.75) is 31.8 Å². The molecule has 5 rings (SSSR count). The van der Waals surface area contributed by atoms with Crippen LogP contribution in [0.1, 0.15) is 25.3 Å². The molecule has 1 unspecified atom stereocenters. The topological polar surface area (TPSA) is 190 Å². The first kappa shape index (κ1) is 26.1. The lowest BCUT2D eigenvalue weighted by atomic mass is 10.1. The summed E-state index contributed by atoms with van der Waals surface area (Å²) in [6, 6.07) is 7.25. The Hall–Kier alpha value is -4.50. The predicted molar refractivity (Wildman–Crippen MR) is 141 cm³/mol. The van der Waals surface area contributed by atoms with Crippen LogP contribution in [0.4, 0.5) is 16.3 Å². The minimum atomic E-state index is -3.47. The number of anilines is 2. The van der Waals surface area contributed by atoms with Gasteiger partial charge in [-0.05, 0) is 38.0 Å². The molecule has 2 aliphatic rings. The van der Waals surface area contributed by atoms with E-state index in [1.165, 1.54) is 19.2 Å². The van der Waals surface area contributed by atoms with Crippen molar-refractivity contribution in [1.82, 2.24) is 24.8 Å². The van der Waals surface area contributed by atoms with Gasteiger partial charge in [0.2, 0.25) is 10.0 Å². The number of urea groups is 1. The van der Waals surface area contributed by atoms with Gasteiger partial charge in [-0.2, -0.15) is 9.61 Å². The summed E-state index contributed by atoms with van der Waals surface area (Å²) < 4.78 is 32.4. The second-order valence-corrected chi connectivity index (χ2v) is 11.1. The van der Waals surface area contributed by atoms with Gasteiger partial charge in [-0.3, -0.25) is 14.3 Å². The van der Waals surface area contributed by atoms with Crippen LogP contribution in [0.3, 0.4) is 0 Å². The second kappa shape index (κ2) is 9.99. The van der Waals surface area contributed by atoms with Crippen molar-refractivity contribution in [3.05, 3.63) is 47.8 Å². The third-order valence-electron chi connectivity index (χ3n) is 5.86. The number of hydrogen-bond donors (Lipinski definition) is 4. The smallest absolute Gasteiger partial charge is 0.331 e. The second-order valence-electron chi connectivity index (χ2n) is 9.34. The summed E-state index contributed by atoms with van der Waals surface area (Å²) >= 11 is 0. The van der Waals surface area contributed by atoms with Crippen molar-refractivity contribution in [2.24, 2.45) is 5.73 Å². The summed E-state index contributed by atoms with van der Waals surface area (Å²) in [4.78, 5) is 42.4. The van der Waals surface area contributed by atoms with Gasteiger partial charge in [-0.25, -0.2) is 23.1 Å². The molecule has 3 heterocycles.